The zero-order chi connectivity index (χ0) is 20.7. The average Bonchev–Trinajstić information content (AvgIpc) is 3.10. The Morgan fingerprint density at radius 2 is 1.61 bits per heavy atom. The van der Waals surface area contributed by atoms with Crippen molar-refractivity contribution in [3.63, 3.8) is 0 Å². The van der Waals surface area contributed by atoms with E-state index in [1.165, 1.54) is 13.8 Å². The van der Waals surface area contributed by atoms with Crippen LogP contribution in [0.4, 0.5) is 0 Å². The third-order valence-electron chi connectivity index (χ3n) is 5.01. The monoisotopic (exact) mass is 399 g/mol. The van der Waals surface area contributed by atoms with E-state index in [4.69, 9.17) is 4.52 Å². The first-order chi connectivity index (χ1) is 12.9. The van der Waals surface area contributed by atoms with E-state index in [2.05, 4.69) is 5.16 Å². The molecule has 0 amide bonds. The van der Waals surface area contributed by atoms with Gasteiger partial charge in [-0.15, -0.1) is 0 Å². The maximum Gasteiger partial charge on any atom is 0.190 e. The number of hydrogen-bond donors (Lipinski definition) is 0. The molecule has 6 heteroatoms. The summed E-state index contributed by atoms with van der Waals surface area (Å²) < 4.78 is 30.2. The van der Waals surface area contributed by atoms with Crippen LogP contribution >= 0.6 is 0 Å². The van der Waals surface area contributed by atoms with Crippen molar-refractivity contribution >= 4 is 26.4 Å². The number of sulfone groups is 1. The van der Waals surface area contributed by atoms with Crippen molar-refractivity contribution in [1.82, 2.24) is 5.16 Å². The molecule has 2 aromatic carbocycles. The van der Waals surface area contributed by atoms with Crippen molar-refractivity contribution in [2.45, 2.75) is 56.1 Å². The van der Waals surface area contributed by atoms with E-state index >= 15 is 0 Å². The van der Waals surface area contributed by atoms with Gasteiger partial charge < -0.3 is 4.52 Å². The third-order valence-corrected chi connectivity index (χ3v) is 7.46. The van der Waals surface area contributed by atoms with Crippen LogP contribution in [0.5, 0.6) is 0 Å². The Morgan fingerprint density at radius 1 is 0.964 bits per heavy atom. The highest BCUT2D eigenvalue weighted by atomic mass is 32.2. The predicted octanol–water partition coefficient (Wildman–Crippen LogP) is 4.49. The van der Waals surface area contributed by atoms with E-state index in [1.54, 1.807) is 24.3 Å². The molecule has 0 unspecified atom stereocenters. The predicted molar refractivity (Wildman–Crippen MR) is 109 cm³/mol. The first kappa shape index (κ1) is 20.3. The molecule has 5 nitrogen and oxygen atoms in total. The van der Waals surface area contributed by atoms with Crippen molar-refractivity contribution in [3.05, 3.63) is 60.0 Å². The lowest BCUT2D eigenvalue weighted by molar-refractivity contribution is -0.120. The second-order valence-corrected chi connectivity index (χ2v) is 11.1. The van der Waals surface area contributed by atoms with Gasteiger partial charge in [0.25, 0.3) is 0 Å². The molecule has 28 heavy (non-hydrogen) atoms. The molecule has 0 aliphatic heterocycles. The van der Waals surface area contributed by atoms with Crippen LogP contribution in [0.25, 0.3) is 10.8 Å². The van der Waals surface area contributed by atoms with Crippen LogP contribution in [-0.2, 0) is 26.5 Å². The molecule has 0 aliphatic rings. The Labute approximate surface area is 165 Å². The number of fused-ring (bicyclic) bond motifs is 1. The maximum absolute atomic E-state index is 13.2. The van der Waals surface area contributed by atoms with Gasteiger partial charge in [0.15, 0.2) is 15.6 Å². The first-order valence-corrected chi connectivity index (χ1v) is 10.6. The van der Waals surface area contributed by atoms with E-state index in [1.807, 2.05) is 45.0 Å². The molecule has 0 saturated carbocycles. The summed E-state index contributed by atoms with van der Waals surface area (Å²) in [5.74, 6) is 0.236. The van der Waals surface area contributed by atoms with E-state index in [9.17, 15) is 13.2 Å². The molecule has 1 aromatic heterocycles. The van der Waals surface area contributed by atoms with Crippen LogP contribution in [0.2, 0.25) is 0 Å². The van der Waals surface area contributed by atoms with Crippen LogP contribution in [-0.4, -0.2) is 24.1 Å². The van der Waals surface area contributed by atoms with Crippen molar-refractivity contribution < 1.29 is 17.7 Å². The second-order valence-electron chi connectivity index (χ2n) is 8.56. The van der Waals surface area contributed by atoms with Gasteiger partial charge in [-0.3, -0.25) is 4.79 Å². The summed E-state index contributed by atoms with van der Waals surface area (Å²) in [6.45, 7) is 8.84. The number of benzene rings is 2. The van der Waals surface area contributed by atoms with Crippen molar-refractivity contribution in [2.24, 2.45) is 0 Å². The highest BCUT2D eigenvalue weighted by Crippen LogP contribution is 2.30. The number of aromatic nitrogens is 1. The Kier molecular flexibility index (Phi) is 4.96. The lowest BCUT2D eigenvalue weighted by atomic mass is 9.92. The summed E-state index contributed by atoms with van der Waals surface area (Å²) in [6.07, 6.45) is -0.0978. The summed E-state index contributed by atoms with van der Waals surface area (Å²) in [5.41, 5.74) is 0.206. The number of rotatable bonds is 5. The summed E-state index contributed by atoms with van der Waals surface area (Å²) >= 11 is 0. The molecule has 3 rings (SSSR count). The summed E-state index contributed by atoms with van der Waals surface area (Å²) in [7, 11) is -3.88. The van der Waals surface area contributed by atoms with Gasteiger partial charge >= 0.3 is 0 Å². The molecule has 0 atom stereocenters. The Balaban J connectivity index is 1.90. The van der Waals surface area contributed by atoms with Gasteiger partial charge in [-0.25, -0.2) is 8.42 Å². The van der Waals surface area contributed by atoms with Crippen LogP contribution in [0.3, 0.4) is 0 Å². The molecule has 0 N–H and O–H groups in total. The third kappa shape index (κ3) is 3.61. The summed E-state index contributed by atoms with van der Waals surface area (Å²) in [6, 6.07) is 14.2. The number of Topliss-reactive ketones (excluding diaryl/α,β-unsaturated/α-hetero) is 1. The topological polar surface area (TPSA) is 77.2 Å². The SMILES string of the molecule is CC(C)(C)c1cc(CC(=O)C(C)(C)S(=O)(=O)c2ccc3ccccc3c2)no1. The molecule has 1 heterocycles. The zero-order valence-electron chi connectivity index (χ0n) is 16.8. The smallest absolute Gasteiger partial charge is 0.190 e. The van der Waals surface area contributed by atoms with Gasteiger partial charge in [0.2, 0.25) is 0 Å². The standard InChI is InChI=1S/C22H25NO4S/c1-21(2,3)20-14-17(23-27-20)13-19(24)22(4,5)28(25,26)18-11-10-15-8-6-7-9-16(15)12-18/h6-12,14H,13H2,1-5H3. The van der Waals surface area contributed by atoms with Gasteiger partial charge in [-0.2, -0.15) is 0 Å². The largest absolute Gasteiger partial charge is 0.361 e. The van der Waals surface area contributed by atoms with E-state index in [0.717, 1.165) is 10.8 Å². The molecule has 0 bridgehead atoms. The lowest BCUT2D eigenvalue weighted by Gasteiger charge is -2.23. The molecule has 0 aliphatic carbocycles. The average molecular weight is 400 g/mol. The zero-order valence-corrected chi connectivity index (χ0v) is 17.6. The van der Waals surface area contributed by atoms with Gasteiger partial charge in [0.1, 0.15) is 10.5 Å². The summed E-state index contributed by atoms with van der Waals surface area (Å²) in [5, 5.41) is 5.71. The number of hydrogen-bond acceptors (Lipinski definition) is 5. The molecular weight excluding hydrogens is 374 g/mol. The normalized spacial score (nSPS) is 13.0. The quantitative estimate of drug-likeness (QED) is 0.632. The first-order valence-electron chi connectivity index (χ1n) is 9.16. The number of ketones is 1. The van der Waals surface area contributed by atoms with E-state index in [0.29, 0.717) is 11.5 Å². The molecule has 3 aromatic rings. The minimum atomic E-state index is -3.88. The van der Waals surface area contributed by atoms with Gasteiger partial charge in [-0.1, -0.05) is 56.3 Å². The number of nitrogens with zero attached hydrogens (tertiary/aromatic N) is 1. The van der Waals surface area contributed by atoms with Gasteiger partial charge in [0, 0.05) is 11.5 Å². The maximum atomic E-state index is 13.2. The molecule has 0 fully saturated rings. The van der Waals surface area contributed by atoms with Crippen molar-refractivity contribution in [2.75, 3.05) is 0 Å². The van der Waals surface area contributed by atoms with E-state index in [-0.39, 0.29) is 16.7 Å². The molecule has 0 spiro atoms. The number of carbonyl (C=O) groups excluding carboxylic acids is 1. The van der Waals surface area contributed by atoms with Gasteiger partial charge in [0.05, 0.1) is 17.0 Å². The molecule has 0 radical (unpaired) electrons. The van der Waals surface area contributed by atoms with Crippen molar-refractivity contribution in [1.29, 1.82) is 0 Å². The minimum Gasteiger partial charge on any atom is -0.361 e. The summed E-state index contributed by atoms with van der Waals surface area (Å²) in [4.78, 5) is 13.1. The lowest BCUT2D eigenvalue weighted by Crippen LogP contribution is -2.41. The van der Waals surface area contributed by atoms with Crippen LogP contribution in [0.1, 0.15) is 46.1 Å². The van der Waals surface area contributed by atoms with Crippen LogP contribution in [0, 0.1) is 0 Å². The Hall–Kier alpha value is -2.47. The molecule has 0 saturated heterocycles. The molecular formula is C22H25NO4S. The Bertz CT molecular complexity index is 1130. The highest BCUT2D eigenvalue weighted by molar-refractivity contribution is 7.93. The molecule has 148 valence electrons. The van der Waals surface area contributed by atoms with E-state index < -0.39 is 20.4 Å². The second kappa shape index (κ2) is 6.85. The van der Waals surface area contributed by atoms with Crippen molar-refractivity contribution in [3.8, 4) is 0 Å². The fraction of sp³-hybridized carbons (Fsp3) is 0.364. The van der Waals surface area contributed by atoms with Gasteiger partial charge in [-0.05, 0) is 36.8 Å². The fourth-order valence-electron chi connectivity index (χ4n) is 2.90. The number of carbonyl (C=O) groups is 1. The minimum absolute atomic E-state index is 0.0978. The van der Waals surface area contributed by atoms with Crippen LogP contribution < -0.4 is 0 Å². The van der Waals surface area contributed by atoms with Crippen LogP contribution in [0.15, 0.2) is 57.9 Å². The fourth-order valence-corrected chi connectivity index (χ4v) is 4.40. The highest BCUT2D eigenvalue weighted by Gasteiger charge is 2.42. The Morgan fingerprint density at radius 3 is 2.21 bits per heavy atom.